The van der Waals surface area contributed by atoms with Crippen molar-refractivity contribution in [3.63, 3.8) is 0 Å². The smallest absolute Gasteiger partial charge is 0.223 e. The van der Waals surface area contributed by atoms with Crippen LogP contribution in [0.5, 0.6) is 0 Å². The Labute approximate surface area is 73.1 Å². The molecule has 0 aliphatic rings. The largest absolute Gasteiger partial charge is 0.252 e. The summed E-state index contributed by atoms with van der Waals surface area (Å²) in [5.74, 6) is 0.455. The van der Waals surface area contributed by atoms with Crippen molar-refractivity contribution < 1.29 is 0 Å². The Kier molecular flexibility index (Phi) is 1.71. The van der Waals surface area contributed by atoms with Crippen molar-refractivity contribution in [2.45, 2.75) is 0 Å². The molecule has 2 aromatic rings. The highest BCUT2D eigenvalue weighted by Gasteiger charge is 1.98. The zero-order chi connectivity index (χ0) is 8.39. The molecule has 0 N–H and O–H groups in total. The molecule has 0 aromatic carbocycles. The van der Waals surface area contributed by atoms with Gasteiger partial charge in [-0.3, -0.25) is 0 Å². The van der Waals surface area contributed by atoms with Gasteiger partial charge in [-0.1, -0.05) is 11.6 Å². The molecule has 60 valence electrons. The minimum Gasteiger partial charge on any atom is -0.223 e. The van der Waals surface area contributed by atoms with E-state index in [2.05, 4.69) is 20.1 Å². The molecule has 0 atom stereocenters. The fraction of sp³-hybridized carbons (Fsp3) is 0. The van der Waals surface area contributed by atoms with E-state index in [-0.39, 0.29) is 0 Å². The zero-order valence-corrected chi connectivity index (χ0v) is 6.68. The van der Waals surface area contributed by atoms with E-state index in [0.717, 1.165) is 0 Å². The van der Waals surface area contributed by atoms with E-state index in [0.29, 0.717) is 11.0 Å². The van der Waals surface area contributed by atoms with Gasteiger partial charge in [0.1, 0.15) is 12.7 Å². The summed E-state index contributed by atoms with van der Waals surface area (Å²) in [6.45, 7) is 0. The van der Waals surface area contributed by atoms with Gasteiger partial charge >= 0.3 is 0 Å². The lowest BCUT2D eigenvalue weighted by Crippen LogP contribution is -2.00. The Morgan fingerprint density at radius 2 is 2.00 bits per heavy atom. The predicted octanol–water partition coefficient (Wildman–Crippen LogP) is 0.711. The van der Waals surface area contributed by atoms with Crippen LogP contribution in [0.3, 0.4) is 0 Å². The second-order valence-electron chi connectivity index (χ2n) is 2.04. The van der Waals surface area contributed by atoms with E-state index in [1.165, 1.54) is 29.7 Å². The molecule has 0 spiro atoms. The quantitative estimate of drug-likeness (QED) is 0.650. The standard InChI is InChI=1S/C6H4ClN5/c7-5-1-9-6(10-2-5)12-4-8-3-11-12/h1-4H. The number of hydrogen-bond acceptors (Lipinski definition) is 4. The molecule has 6 heteroatoms. The molecule has 0 aliphatic heterocycles. The number of hydrogen-bond donors (Lipinski definition) is 0. The lowest BCUT2D eigenvalue weighted by molar-refractivity contribution is 0.806. The minimum atomic E-state index is 0.455. The Morgan fingerprint density at radius 3 is 2.58 bits per heavy atom. The van der Waals surface area contributed by atoms with E-state index in [4.69, 9.17) is 11.6 Å². The molecule has 2 heterocycles. The first kappa shape index (κ1) is 7.17. The highest BCUT2D eigenvalue weighted by Crippen LogP contribution is 2.04. The van der Waals surface area contributed by atoms with Gasteiger partial charge in [-0.2, -0.15) is 9.78 Å². The lowest BCUT2D eigenvalue weighted by atomic mass is 10.7. The van der Waals surface area contributed by atoms with Gasteiger partial charge in [0.05, 0.1) is 17.4 Å². The third-order valence-electron chi connectivity index (χ3n) is 1.23. The Balaban J connectivity index is 2.43. The van der Waals surface area contributed by atoms with E-state index < -0.39 is 0 Å². The second-order valence-corrected chi connectivity index (χ2v) is 2.48. The molecule has 0 saturated heterocycles. The van der Waals surface area contributed by atoms with Crippen LogP contribution in [-0.4, -0.2) is 24.7 Å². The Morgan fingerprint density at radius 1 is 1.25 bits per heavy atom. The van der Waals surface area contributed by atoms with Crippen LogP contribution in [0, 0.1) is 0 Å². The normalized spacial score (nSPS) is 10.1. The zero-order valence-electron chi connectivity index (χ0n) is 5.92. The second kappa shape index (κ2) is 2.86. The van der Waals surface area contributed by atoms with Crippen LogP contribution >= 0.6 is 11.6 Å². The summed E-state index contributed by atoms with van der Waals surface area (Å²) in [6, 6.07) is 0. The van der Waals surface area contributed by atoms with E-state index in [1.807, 2.05) is 0 Å². The maximum atomic E-state index is 5.60. The fourth-order valence-electron chi connectivity index (χ4n) is 0.735. The topological polar surface area (TPSA) is 56.5 Å². The molecule has 5 nitrogen and oxygen atoms in total. The highest BCUT2D eigenvalue weighted by molar-refractivity contribution is 6.30. The van der Waals surface area contributed by atoms with Crippen molar-refractivity contribution in [1.82, 2.24) is 24.7 Å². The molecule has 2 rings (SSSR count). The van der Waals surface area contributed by atoms with Crippen molar-refractivity contribution in [2.75, 3.05) is 0 Å². The molecule has 0 unspecified atom stereocenters. The van der Waals surface area contributed by atoms with E-state index in [9.17, 15) is 0 Å². The number of nitrogens with zero attached hydrogens (tertiary/aromatic N) is 5. The maximum Gasteiger partial charge on any atom is 0.252 e. The molecule has 0 bridgehead atoms. The average molecular weight is 182 g/mol. The van der Waals surface area contributed by atoms with Gasteiger partial charge in [0.2, 0.25) is 0 Å². The first-order chi connectivity index (χ1) is 5.86. The van der Waals surface area contributed by atoms with Gasteiger partial charge in [0, 0.05) is 0 Å². The van der Waals surface area contributed by atoms with E-state index >= 15 is 0 Å². The molecule has 0 saturated carbocycles. The summed E-state index contributed by atoms with van der Waals surface area (Å²) >= 11 is 5.60. The first-order valence-electron chi connectivity index (χ1n) is 3.19. The van der Waals surface area contributed by atoms with Crippen molar-refractivity contribution in [2.24, 2.45) is 0 Å². The summed E-state index contributed by atoms with van der Waals surface area (Å²) in [5, 5.41) is 4.35. The van der Waals surface area contributed by atoms with Gasteiger partial charge in [0.25, 0.3) is 5.95 Å². The van der Waals surface area contributed by atoms with Gasteiger partial charge in [0.15, 0.2) is 0 Å². The van der Waals surface area contributed by atoms with Crippen LogP contribution in [0.4, 0.5) is 0 Å². The van der Waals surface area contributed by atoms with Gasteiger partial charge in [-0.25, -0.2) is 15.0 Å². The van der Waals surface area contributed by atoms with Crippen LogP contribution < -0.4 is 0 Å². The van der Waals surface area contributed by atoms with Crippen molar-refractivity contribution >= 4 is 11.6 Å². The number of rotatable bonds is 1. The summed E-state index contributed by atoms with van der Waals surface area (Å²) < 4.78 is 1.45. The Bertz CT molecular complexity index is 354. The molecule has 12 heavy (non-hydrogen) atoms. The van der Waals surface area contributed by atoms with Crippen molar-refractivity contribution in [1.29, 1.82) is 0 Å². The average Bonchev–Trinajstić information content (AvgIpc) is 2.58. The van der Waals surface area contributed by atoms with Crippen molar-refractivity contribution in [3.8, 4) is 5.95 Å². The highest BCUT2D eigenvalue weighted by atomic mass is 35.5. The van der Waals surface area contributed by atoms with E-state index in [1.54, 1.807) is 0 Å². The summed E-state index contributed by atoms with van der Waals surface area (Å²) in [5.41, 5.74) is 0. The predicted molar refractivity (Wildman–Crippen MR) is 42.0 cm³/mol. The molecule has 0 aliphatic carbocycles. The Hall–Kier alpha value is -1.49. The van der Waals surface area contributed by atoms with Crippen LogP contribution in [0.25, 0.3) is 5.95 Å². The molecular weight excluding hydrogens is 178 g/mol. The number of halogens is 1. The SMILES string of the molecule is Clc1cnc(-n2cncn2)nc1. The van der Waals surface area contributed by atoms with Crippen LogP contribution in [0.2, 0.25) is 5.02 Å². The summed E-state index contributed by atoms with van der Waals surface area (Å²) in [4.78, 5) is 11.6. The van der Waals surface area contributed by atoms with Crippen molar-refractivity contribution in [3.05, 3.63) is 30.1 Å². The number of aromatic nitrogens is 5. The van der Waals surface area contributed by atoms with Crippen LogP contribution in [-0.2, 0) is 0 Å². The summed E-state index contributed by atoms with van der Waals surface area (Å²) in [7, 11) is 0. The molecule has 2 aromatic heterocycles. The molecule has 0 fully saturated rings. The molecule has 0 radical (unpaired) electrons. The first-order valence-corrected chi connectivity index (χ1v) is 3.56. The van der Waals surface area contributed by atoms with Gasteiger partial charge in [-0.15, -0.1) is 0 Å². The van der Waals surface area contributed by atoms with Gasteiger partial charge < -0.3 is 0 Å². The molecule has 0 amide bonds. The van der Waals surface area contributed by atoms with Crippen LogP contribution in [0.15, 0.2) is 25.0 Å². The van der Waals surface area contributed by atoms with Gasteiger partial charge in [-0.05, 0) is 0 Å². The minimum absolute atomic E-state index is 0.455. The fourth-order valence-corrected chi connectivity index (χ4v) is 0.833. The third kappa shape index (κ3) is 1.26. The summed E-state index contributed by atoms with van der Waals surface area (Å²) in [6.07, 6.45) is 5.94. The monoisotopic (exact) mass is 181 g/mol. The molecular formula is C6H4ClN5. The van der Waals surface area contributed by atoms with Crippen LogP contribution in [0.1, 0.15) is 0 Å². The maximum absolute atomic E-state index is 5.60. The lowest BCUT2D eigenvalue weighted by Gasteiger charge is -1.95. The third-order valence-corrected chi connectivity index (χ3v) is 1.43.